The van der Waals surface area contributed by atoms with Gasteiger partial charge in [-0.2, -0.15) is 0 Å². The van der Waals surface area contributed by atoms with Gasteiger partial charge in [0, 0.05) is 25.5 Å². The summed E-state index contributed by atoms with van der Waals surface area (Å²) in [6.45, 7) is -1.31. The van der Waals surface area contributed by atoms with Crippen molar-refractivity contribution in [3.8, 4) is 11.6 Å². The molecule has 0 radical (unpaired) electrons. The van der Waals surface area contributed by atoms with Crippen molar-refractivity contribution < 1.29 is 24.9 Å². The summed E-state index contributed by atoms with van der Waals surface area (Å²) in [7, 11) is 0. The van der Waals surface area contributed by atoms with E-state index in [-0.39, 0.29) is 43.4 Å². The van der Waals surface area contributed by atoms with Gasteiger partial charge >= 0.3 is 0 Å². The smallest absolute Gasteiger partial charge is 0.240 e. The van der Waals surface area contributed by atoms with Crippen molar-refractivity contribution in [2.45, 2.75) is 37.8 Å². The molecule has 2 aromatic heterocycles. The van der Waals surface area contributed by atoms with E-state index >= 15 is 0 Å². The van der Waals surface area contributed by atoms with Crippen molar-refractivity contribution in [2.24, 2.45) is 5.73 Å². The molecule has 0 unspecified atom stereocenters. The lowest BCUT2D eigenvalue weighted by atomic mass is 10.0. The number of nitrogens with zero attached hydrogens (tertiary/aromatic N) is 6. The van der Waals surface area contributed by atoms with Gasteiger partial charge in [0.1, 0.15) is 5.54 Å². The number of nitrogens with two attached hydrogens (primary N) is 1. The van der Waals surface area contributed by atoms with E-state index in [4.69, 9.17) is 5.73 Å². The summed E-state index contributed by atoms with van der Waals surface area (Å²) in [4.78, 5) is 32.3. The van der Waals surface area contributed by atoms with Gasteiger partial charge in [-0.15, -0.1) is 20.4 Å². The molecular formula is C18H27N9O5. The van der Waals surface area contributed by atoms with Gasteiger partial charge in [0.25, 0.3) is 0 Å². The lowest BCUT2D eigenvalue weighted by molar-refractivity contribution is -0.125. The molecule has 0 atom stereocenters. The van der Waals surface area contributed by atoms with Gasteiger partial charge in [-0.25, -0.2) is 9.97 Å². The van der Waals surface area contributed by atoms with Crippen LogP contribution in [0.1, 0.15) is 30.8 Å². The Labute approximate surface area is 183 Å². The Bertz CT molecular complexity index is 869. The Hall–Kier alpha value is -3.20. The number of carbonyl (C=O) groups is 2. The maximum absolute atomic E-state index is 12.0. The van der Waals surface area contributed by atoms with E-state index in [0.717, 1.165) is 0 Å². The van der Waals surface area contributed by atoms with Gasteiger partial charge in [-0.05, 0) is 19.0 Å². The van der Waals surface area contributed by atoms with E-state index in [1.807, 2.05) is 0 Å². The highest BCUT2D eigenvalue weighted by Crippen LogP contribution is 2.07. The topological polar surface area (TPSA) is 222 Å². The average Bonchev–Trinajstić information content (AvgIpc) is 2.82. The van der Waals surface area contributed by atoms with Gasteiger partial charge in [0.2, 0.25) is 23.5 Å². The van der Waals surface area contributed by atoms with Crippen LogP contribution in [0, 0.1) is 0 Å². The number of aliphatic hydroxyl groups is 3. The van der Waals surface area contributed by atoms with E-state index < -0.39 is 31.3 Å². The molecule has 7 N–H and O–H groups in total. The molecule has 0 aliphatic rings. The zero-order chi connectivity index (χ0) is 23.4. The molecule has 0 aliphatic heterocycles. The van der Waals surface area contributed by atoms with Crippen LogP contribution >= 0.6 is 0 Å². The van der Waals surface area contributed by atoms with Crippen LogP contribution in [0.4, 0.5) is 0 Å². The van der Waals surface area contributed by atoms with Crippen molar-refractivity contribution in [1.29, 1.82) is 0 Å². The second kappa shape index (κ2) is 12.6. The first-order valence-electron chi connectivity index (χ1n) is 9.94. The van der Waals surface area contributed by atoms with Crippen LogP contribution in [0.25, 0.3) is 11.6 Å². The minimum atomic E-state index is -1.48. The molecule has 0 fully saturated rings. The molecule has 32 heavy (non-hydrogen) atoms. The van der Waals surface area contributed by atoms with Gasteiger partial charge in [-0.3, -0.25) is 9.59 Å². The highest BCUT2D eigenvalue weighted by atomic mass is 16.3. The molecule has 2 rings (SSSR count). The second-order valence-electron chi connectivity index (χ2n) is 6.98. The number of hydrogen-bond acceptors (Lipinski definition) is 12. The Balaban J connectivity index is 1.79. The van der Waals surface area contributed by atoms with Gasteiger partial charge in [0.15, 0.2) is 5.82 Å². The maximum atomic E-state index is 12.0. The van der Waals surface area contributed by atoms with Gasteiger partial charge < -0.3 is 31.7 Å². The van der Waals surface area contributed by atoms with Crippen LogP contribution in [0.15, 0.2) is 12.3 Å². The molecule has 0 bridgehead atoms. The molecule has 2 aromatic rings. The van der Waals surface area contributed by atoms with Crippen molar-refractivity contribution >= 4 is 11.8 Å². The van der Waals surface area contributed by atoms with Crippen LogP contribution in [0.5, 0.6) is 0 Å². The first-order valence-corrected chi connectivity index (χ1v) is 9.94. The summed E-state index contributed by atoms with van der Waals surface area (Å²) in [6, 6.07) is 1.62. The molecule has 14 heteroatoms. The van der Waals surface area contributed by atoms with Crippen molar-refractivity contribution in [2.75, 3.05) is 26.4 Å². The summed E-state index contributed by atoms with van der Waals surface area (Å²) < 4.78 is 0. The SMILES string of the molecule is NCCc1nnc(-c2nccc(CNC(=O)CCCC(=O)NC(CO)(CO)CO)n2)nn1. The summed E-state index contributed by atoms with van der Waals surface area (Å²) >= 11 is 0. The first kappa shape index (κ1) is 25.1. The minimum Gasteiger partial charge on any atom is -0.394 e. The van der Waals surface area contributed by atoms with Crippen LogP contribution < -0.4 is 16.4 Å². The zero-order valence-electron chi connectivity index (χ0n) is 17.4. The lowest BCUT2D eigenvalue weighted by Crippen LogP contribution is -2.57. The predicted molar refractivity (Wildman–Crippen MR) is 109 cm³/mol. The van der Waals surface area contributed by atoms with Gasteiger partial charge in [-0.1, -0.05) is 0 Å². The summed E-state index contributed by atoms with van der Waals surface area (Å²) in [5, 5.41) is 48.4. The van der Waals surface area contributed by atoms with Crippen LogP contribution in [-0.2, 0) is 22.6 Å². The maximum Gasteiger partial charge on any atom is 0.240 e. The monoisotopic (exact) mass is 449 g/mol. The molecule has 0 spiro atoms. The lowest BCUT2D eigenvalue weighted by Gasteiger charge is -2.28. The van der Waals surface area contributed by atoms with Crippen molar-refractivity contribution in [1.82, 2.24) is 41.0 Å². The Morgan fingerprint density at radius 3 is 2.25 bits per heavy atom. The zero-order valence-corrected chi connectivity index (χ0v) is 17.4. The van der Waals surface area contributed by atoms with Crippen LogP contribution in [0.2, 0.25) is 0 Å². The number of aliphatic hydroxyl groups excluding tert-OH is 3. The van der Waals surface area contributed by atoms with Crippen molar-refractivity contribution in [3.63, 3.8) is 0 Å². The first-order chi connectivity index (χ1) is 15.4. The number of rotatable bonds is 13. The molecule has 0 aliphatic carbocycles. The van der Waals surface area contributed by atoms with Crippen LogP contribution in [-0.4, -0.2) is 89.4 Å². The van der Waals surface area contributed by atoms with Crippen LogP contribution in [0.3, 0.4) is 0 Å². The number of hydrogen-bond donors (Lipinski definition) is 6. The molecular weight excluding hydrogens is 422 g/mol. The average molecular weight is 449 g/mol. The third-order valence-corrected chi connectivity index (χ3v) is 4.39. The molecule has 2 amide bonds. The minimum absolute atomic E-state index is 0.00961. The summed E-state index contributed by atoms with van der Waals surface area (Å²) in [5.41, 5.74) is 4.47. The highest BCUT2D eigenvalue weighted by Gasteiger charge is 2.29. The number of nitrogens with one attached hydrogen (secondary N) is 2. The molecule has 0 saturated carbocycles. The van der Waals surface area contributed by atoms with E-state index in [9.17, 15) is 24.9 Å². The fourth-order valence-corrected chi connectivity index (χ4v) is 2.48. The fourth-order valence-electron chi connectivity index (χ4n) is 2.48. The van der Waals surface area contributed by atoms with Gasteiger partial charge in [0.05, 0.1) is 32.1 Å². The Morgan fingerprint density at radius 1 is 0.969 bits per heavy atom. The van der Waals surface area contributed by atoms with E-state index in [2.05, 4.69) is 41.0 Å². The summed E-state index contributed by atoms with van der Waals surface area (Å²) in [5.74, 6) is 0.00200. The van der Waals surface area contributed by atoms with E-state index in [1.165, 1.54) is 6.20 Å². The van der Waals surface area contributed by atoms with Crippen molar-refractivity contribution in [3.05, 3.63) is 23.8 Å². The fraction of sp³-hybridized carbons (Fsp3) is 0.556. The third-order valence-electron chi connectivity index (χ3n) is 4.39. The molecule has 0 saturated heterocycles. The standard InChI is InChI=1S/C18H27N9O5/c19-6-4-13-24-26-17(27-25-13)16-20-7-5-12(22-16)8-21-14(31)2-1-3-15(32)23-18(9-28,10-29)11-30/h5,7,28-30H,1-4,6,8-11,19H2,(H,21,31)(H,23,32). The normalized spacial score (nSPS) is 11.2. The molecule has 174 valence electrons. The molecule has 2 heterocycles. The highest BCUT2D eigenvalue weighted by molar-refractivity contribution is 5.79. The second-order valence-corrected chi connectivity index (χ2v) is 6.98. The quantitative estimate of drug-likeness (QED) is 0.178. The number of amides is 2. The largest absolute Gasteiger partial charge is 0.394 e. The molecule has 14 nitrogen and oxygen atoms in total. The predicted octanol–water partition coefficient (Wildman–Crippen LogP) is -3.16. The number of aromatic nitrogens is 6. The van der Waals surface area contributed by atoms with E-state index in [1.54, 1.807) is 6.07 Å². The Kier molecular flexibility index (Phi) is 9.87. The number of carbonyl (C=O) groups excluding carboxylic acids is 2. The Morgan fingerprint density at radius 2 is 1.62 bits per heavy atom. The molecule has 0 aromatic carbocycles. The van der Waals surface area contributed by atoms with E-state index in [0.29, 0.717) is 24.5 Å². The summed E-state index contributed by atoms with van der Waals surface area (Å²) in [6.07, 6.45) is 2.27. The third kappa shape index (κ3) is 7.49.